The fourth-order valence-electron chi connectivity index (χ4n) is 0.949. The maximum atomic E-state index is 10.5. The summed E-state index contributed by atoms with van der Waals surface area (Å²) >= 11 is 0. The van der Waals surface area contributed by atoms with Gasteiger partial charge in [0.15, 0.2) is 0 Å². The van der Waals surface area contributed by atoms with Crippen LogP contribution in [-0.4, -0.2) is 5.78 Å². The second kappa shape index (κ2) is 7.43. The number of rotatable bonds is 1. The SMILES string of the molecule is CC(=O)[c-]1cccc1.[C-]1=CC=CC1.[Fe+2]. The van der Waals surface area contributed by atoms with Gasteiger partial charge in [-0.3, -0.25) is 6.08 Å². The van der Waals surface area contributed by atoms with E-state index >= 15 is 0 Å². The third kappa shape index (κ3) is 4.90. The fourth-order valence-corrected chi connectivity index (χ4v) is 0.949. The van der Waals surface area contributed by atoms with Crippen LogP contribution in [0.5, 0.6) is 0 Å². The molecule has 0 fully saturated rings. The van der Waals surface area contributed by atoms with Gasteiger partial charge in [-0.2, -0.15) is 18.2 Å². The molecule has 1 aromatic carbocycles. The molecule has 0 radical (unpaired) electrons. The van der Waals surface area contributed by atoms with E-state index in [2.05, 4.69) is 12.2 Å². The average molecular weight is 228 g/mol. The van der Waals surface area contributed by atoms with Crippen LogP contribution >= 0.6 is 0 Å². The quantitative estimate of drug-likeness (QED) is 0.410. The predicted octanol–water partition coefficient (Wildman–Crippen LogP) is 2.91. The van der Waals surface area contributed by atoms with Crippen LogP contribution in [0.4, 0.5) is 0 Å². The predicted molar refractivity (Wildman–Crippen MR) is 53.6 cm³/mol. The summed E-state index contributed by atoms with van der Waals surface area (Å²) in [4.78, 5) is 10.5. The number of ketones is 1. The van der Waals surface area contributed by atoms with Gasteiger partial charge in [0.1, 0.15) is 5.78 Å². The van der Waals surface area contributed by atoms with E-state index in [4.69, 9.17) is 0 Å². The fraction of sp³-hybridized carbons (Fsp3) is 0.167. The molecule has 0 unspecified atom stereocenters. The van der Waals surface area contributed by atoms with Crippen LogP contribution in [0.3, 0.4) is 0 Å². The van der Waals surface area contributed by atoms with Gasteiger partial charge in [-0.05, 0) is 6.92 Å². The van der Waals surface area contributed by atoms with Crippen LogP contribution in [-0.2, 0) is 17.1 Å². The Kier molecular flexibility index (Phi) is 6.91. The van der Waals surface area contributed by atoms with Crippen molar-refractivity contribution in [1.29, 1.82) is 0 Å². The van der Waals surface area contributed by atoms with Crippen molar-refractivity contribution >= 4 is 5.78 Å². The monoisotopic (exact) mass is 228 g/mol. The molecule has 74 valence electrons. The summed E-state index contributed by atoms with van der Waals surface area (Å²) < 4.78 is 0. The van der Waals surface area contributed by atoms with Crippen LogP contribution < -0.4 is 0 Å². The number of Topliss-reactive ketones (excluding diaryl/α,β-unsaturated/α-hetero) is 1. The minimum Gasteiger partial charge on any atom is -0.309 e. The summed E-state index contributed by atoms with van der Waals surface area (Å²) in [5.41, 5.74) is 0.796. The Morgan fingerprint density at radius 3 is 2.21 bits per heavy atom. The third-order valence-electron chi connectivity index (χ3n) is 1.66. The molecule has 0 saturated heterocycles. The van der Waals surface area contributed by atoms with Crippen LogP contribution in [0, 0.1) is 6.08 Å². The van der Waals surface area contributed by atoms with E-state index in [-0.39, 0.29) is 22.9 Å². The van der Waals surface area contributed by atoms with Gasteiger partial charge in [0.25, 0.3) is 0 Å². The van der Waals surface area contributed by atoms with Gasteiger partial charge < -0.3 is 4.79 Å². The second-order valence-electron chi connectivity index (χ2n) is 2.73. The Morgan fingerprint density at radius 1 is 1.36 bits per heavy atom. The first-order valence-corrected chi connectivity index (χ1v) is 4.25. The van der Waals surface area contributed by atoms with E-state index in [1.54, 1.807) is 6.92 Å². The summed E-state index contributed by atoms with van der Waals surface area (Å²) in [6, 6.07) is 7.33. The van der Waals surface area contributed by atoms with Crippen molar-refractivity contribution in [3.63, 3.8) is 0 Å². The molecule has 0 aliphatic heterocycles. The Bertz CT molecular complexity index is 297. The van der Waals surface area contributed by atoms with E-state index in [1.165, 1.54) is 0 Å². The first-order chi connectivity index (χ1) is 6.30. The maximum Gasteiger partial charge on any atom is 2.00 e. The Hall–Kier alpha value is -0.981. The van der Waals surface area contributed by atoms with Crippen molar-refractivity contribution in [3.05, 3.63) is 54.1 Å². The van der Waals surface area contributed by atoms with Crippen LogP contribution in [0.15, 0.2) is 42.5 Å². The number of allylic oxidation sites excluding steroid dienone is 4. The van der Waals surface area contributed by atoms with Crippen molar-refractivity contribution < 1.29 is 21.9 Å². The molecule has 1 aromatic rings. The number of carbonyl (C=O) groups excluding carboxylic acids is 1. The summed E-state index contributed by atoms with van der Waals surface area (Å²) in [5, 5.41) is 0. The molecular weight excluding hydrogens is 216 g/mol. The molecule has 0 bridgehead atoms. The van der Waals surface area contributed by atoms with E-state index in [9.17, 15) is 4.79 Å². The summed E-state index contributed by atoms with van der Waals surface area (Å²) in [6.45, 7) is 1.56. The Balaban J connectivity index is 0.000000246. The normalized spacial score (nSPS) is 11.5. The van der Waals surface area contributed by atoms with Gasteiger partial charge in [-0.1, -0.05) is 5.56 Å². The van der Waals surface area contributed by atoms with Crippen LogP contribution in [0.1, 0.15) is 23.7 Å². The Labute approximate surface area is 95.4 Å². The van der Waals surface area contributed by atoms with E-state index in [1.807, 2.05) is 36.4 Å². The van der Waals surface area contributed by atoms with Gasteiger partial charge in [0.05, 0.1) is 0 Å². The van der Waals surface area contributed by atoms with Gasteiger partial charge in [0, 0.05) is 0 Å². The molecule has 0 N–H and O–H groups in total. The van der Waals surface area contributed by atoms with Gasteiger partial charge >= 0.3 is 17.1 Å². The summed E-state index contributed by atoms with van der Waals surface area (Å²) in [5.74, 6) is 0.134. The van der Waals surface area contributed by atoms with Crippen LogP contribution in [0.25, 0.3) is 0 Å². The smallest absolute Gasteiger partial charge is 0.309 e. The van der Waals surface area contributed by atoms with Gasteiger partial charge in [-0.25, -0.2) is 24.3 Å². The molecule has 0 heterocycles. The van der Waals surface area contributed by atoms with E-state index < -0.39 is 0 Å². The molecule has 0 saturated carbocycles. The first kappa shape index (κ1) is 13.0. The first-order valence-electron chi connectivity index (χ1n) is 4.25. The van der Waals surface area contributed by atoms with Crippen molar-refractivity contribution in [3.8, 4) is 0 Å². The van der Waals surface area contributed by atoms with E-state index in [0.717, 1.165) is 12.0 Å². The number of carbonyl (C=O) groups is 1. The van der Waals surface area contributed by atoms with Crippen molar-refractivity contribution in [1.82, 2.24) is 0 Å². The minimum absolute atomic E-state index is 0. The molecule has 0 spiro atoms. The maximum absolute atomic E-state index is 10.5. The third-order valence-corrected chi connectivity index (χ3v) is 1.66. The summed E-state index contributed by atoms with van der Waals surface area (Å²) in [7, 11) is 0. The molecule has 2 rings (SSSR count). The minimum atomic E-state index is 0. The number of hydrogen-bond acceptors (Lipinski definition) is 1. The van der Waals surface area contributed by atoms with Crippen molar-refractivity contribution in [2.75, 3.05) is 0 Å². The second-order valence-corrected chi connectivity index (χ2v) is 2.73. The zero-order valence-electron chi connectivity index (χ0n) is 8.01. The molecule has 1 aliphatic rings. The van der Waals surface area contributed by atoms with Gasteiger partial charge in [-0.15, -0.1) is 6.42 Å². The zero-order valence-corrected chi connectivity index (χ0v) is 9.11. The molecule has 0 atom stereocenters. The van der Waals surface area contributed by atoms with Crippen molar-refractivity contribution in [2.24, 2.45) is 0 Å². The largest absolute Gasteiger partial charge is 2.00 e. The Morgan fingerprint density at radius 2 is 2.00 bits per heavy atom. The molecular formula is C12H12FeO. The molecule has 1 nitrogen and oxygen atoms in total. The standard InChI is InChI=1S/C7H7O.C5H5.Fe/c1-6(8)7-4-2-3-5-7;1-2-4-5-3-1;/h2-5H,1H3;1-3H,4H2;/q2*-1;+2. The average Bonchev–Trinajstić information content (AvgIpc) is 2.82. The van der Waals surface area contributed by atoms with E-state index in [0.29, 0.717) is 0 Å². The van der Waals surface area contributed by atoms with Gasteiger partial charge in [0.2, 0.25) is 0 Å². The number of hydrogen-bond donors (Lipinski definition) is 0. The molecule has 0 aromatic heterocycles. The molecule has 0 amide bonds. The zero-order chi connectivity index (χ0) is 9.52. The molecule has 1 aliphatic carbocycles. The molecule has 2 heteroatoms. The topological polar surface area (TPSA) is 17.1 Å². The van der Waals surface area contributed by atoms with Crippen molar-refractivity contribution in [2.45, 2.75) is 13.3 Å². The van der Waals surface area contributed by atoms with Crippen LogP contribution in [0.2, 0.25) is 0 Å². The summed E-state index contributed by atoms with van der Waals surface area (Å²) in [6.07, 6.45) is 10.0. The molecule has 14 heavy (non-hydrogen) atoms.